The van der Waals surface area contributed by atoms with Crippen molar-refractivity contribution in [3.05, 3.63) is 29.8 Å². The van der Waals surface area contributed by atoms with Gasteiger partial charge >= 0.3 is 5.97 Å². The number of rotatable bonds is 7. The lowest BCUT2D eigenvalue weighted by atomic mass is 10.2. The molecule has 0 spiro atoms. The third-order valence-electron chi connectivity index (χ3n) is 2.44. The summed E-state index contributed by atoms with van der Waals surface area (Å²) in [6, 6.07) is 5.08. The molecular formula is C14H18O6. The Bertz CT molecular complexity index is 469. The van der Waals surface area contributed by atoms with Crippen molar-refractivity contribution < 1.29 is 29.2 Å². The number of methoxy groups -OCH3 is 2. The van der Waals surface area contributed by atoms with Crippen molar-refractivity contribution in [2.45, 2.75) is 6.10 Å². The minimum atomic E-state index is -0.964. The summed E-state index contributed by atoms with van der Waals surface area (Å²) in [5, 5.41) is 18.0. The summed E-state index contributed by atoms with van der Waals surface area (Å²) in [5.74, 6) is 0.441. The Morgan fingerprint density at radius 3 is 2.70 bits per heavy atom. The van der Waals surface area contributed by atoms with Crippen molar-refractivity contribution in [2.75, 3.05) is 27.4 Å². The molecule has 0 heterocycles. The van der Waals surface area contributed by atoms with Crippen LogP contribution >= 0.6 is 0 Å². The Balaban J connectivity index is 2.85. The molecule has 0 radical (unpaired) electrons. The molecule has 0 aliphatic rings. The van der Waals surface area contributed by atoms with E-state index in [1.807, 2.05) is 0 Å². The van der Waals surface area contributed by atoms with E-state index >= 15 is 0 Å². The van der Waals surface area contributed by atoms with Gasteiger partial charge in [-0.25, -0.2) is 4.79 Å². The van der Waals surface area contributed by atoms with Gasteiger partial charge in [0.15, 0.2) is 11.5 Å². The Hall–Kier alpha value is -2.05. The van der Waals surface area contributed by atoms with Crippen LogP contribution in [0.15, 0.2) is 24.3 Å². The maximum absolute atomic E-state index is 11.0. The maximum Gasteiger partial charge on any atom is 0.330 e. The van der Waals surface area contributed by atoms with Gasteiger partial charge in [0, 0.05) is 6.08 Å². The average molecular weight is 282 g/mol. The molecule has 1 rings (SSSR count). The van der Waals surface area contributed by atoms with Gasteiger partial charge in [-0.3, -0.25) is 0 Å². The summed E-state index contributed by atoms with van der Waals surface area (Å²) in [4.78, 5) is 11.0. The SMILES string of the molecule is COC(=O)C=Cc1ccc(OC)c(OCC(O)CO)c1. The maximum atomic E-state index is 11.0. The molecule has 1 aromatic carbocycles. The second kappa shape index (κ2) is 8.19. The lowest BCUT2D eigenvalue weighted by Gasteiger charge is -2.13. The summed E-state index contributed by atoms with van der Waals surface area (Å²) < 4.78 is 15.0. The largest absolute Gasteiger partial charge is 0.493 e. The van der Waals surface area contributed by atoms with Gasteiger partial charge in [0.25, 0.3) is 0 Å². The molecule has 20 heavy (non-hydrogen) atoms. The van der Waals surface area contributed by atoms with E-state index in [2.05, 4.69) is 4.74 Å². The van der Waals surface area contributed by atoms with E-state index in [1.54, 1.807) is 24.3 Å². The zero-order chi connectivity index (χ0) is 15.0. The smallest absolute Gasteiger partial charge is 0.330 e. The normalized spacial score (nSPS) is 12.2. The van der Waals surface area contributed by atoms with Gasteiger partial charge in [-0.1, -0.05) is 6.07 Å². The van der Waals surface area contributed by atoms with Crippen molar-refractivity contribution in [1.82, 2.24) is 0 Å². The minimum absolute atomic E-state index is 0.0585. The highest BCUT2D eigenvalue weighted by Crippen LogP contribution is 2.28. The topological polar surface area (TPSA) is 85.2 Å². The predicted octanol–water partition coefficient (Wildman–Crippen LogP) is 0.613. The van der Waals surface area contributed by atoms with Crippen LogP contribution in [0.1, 0.15) is 5.56 Å². The van der Waals surface area contributed by atoms with Gasteiger partial charge in [-0.15, -0.1) is 0 Å². The van der Waals surface area contributed by atoms with Gasteiger partial charge in [-0.05, 0) is 23.8 Å². The van der Waals surface area contributed by atoms with E-state index in [-0.39, 0.29) is 13.2 Å². The zero-order valence-electron chi connectivity index (χ0n) is 11.4. The molecule has 2 N–H and O–H groups in total. The molecule has 0 fully saturated rings. The van der Waals surface area contributed by atoms with Gasteiger partial charge in [-0.2, -0.15) is 0 Å². The van der Waals surface area contributed by atoms with Gasteiger partial charge in [0.05, 0.1) is 20.8 Å². The molecule has 0 aliphatic carbocycles. The first kappa shape index (κ1) is 16.0. The molecular weight excluding hydrogens is 264 g/mol. The zero-order valence-corrected chi connectivity index (χ0v) is 11.4. The number of aliphatic hydroxyl groups is 2. The van der Waals surface area contributed by atoms with Crippen LogP contribution < -0.4 is 9.47 Å². The number of hydrogen-bond donors (Lipinski definition) is 2. The fourth-order valence-corrected chi connectivity index (χ4v) is 1.38. The van der Waals surface area contributed by atoms with Crippen LogP contribution in [0, 0.1) is 0 Å². The van der Waals surface area contributed by atoms with Crippen LogP contribution in [0.3, 0.4) is 0 Å². The van der Waals surface area contributed by atoms with Crippen LogP contribution in [0.5, 0.6) is 11.5 Å². The highest BCUT2D eigenvalue weighted by atomic mass is 16.5. The Labute approximate surface area is 117 Å². The second-order valence-electron chi connectivity index (χ2n) is 3.91. The second-order valence-corrected chi connectivity index (χ2v) is 3.91. The third-order valence-corrected chi connectivity index (χ3v) is 2.44. The Morgan fingerprint density at radius 1 is 1.35 bits per heavy atom. The monoisotopic (exact) mass is 282 g/mol. The standard InChI is InChI=1S/C14H18O6/c1-18-12-5-3-10(4-6-14(17)19-2)7-13(12)20-9-11(16)8-15/h3-7,11,15-16H,8-9H2,1-2H3. The van der Waals surface area contributed by atoms with Gasteiger partial charge in [0.2, 0.25) is 0 Å². The van der Waals surface area contributed by atoms with Crippen molar-refractivity contribution in [2.24, 2.45) is 0 Å². The molecule has 110 valence electrons. The molecule has 0 amide bonds. The van der Waals surface area contributed by atoms with Gasteiger partial charge < -0.3 is 24.4 Å². The Morgan fingerprint density at radius 2 is 2.10 bits per heavy atom. The van der Waals surface area contributed by atoms with Crippen molar-refractivity contribution in [1.29, 1.82) is 0 Å². The van der Waals surface area contributed by atoms with Crippen LogP contribution in [-0.4, -0.2) is 49.7 Å². The Kier molecular flexibility index (Phi) is 6.55. The average Bonchev–Trinajstić information content (AvgIpc) is 2.49. The summed E-state index contributed by atoms with van der Waals surface area (Å²) in [7, 11) is 2.79. The van der Waals surface area contributed by atoms with E-state index in [1.165, 1.54) is 20.3 Å². The highest BCUT2D eigenvalue weighted by molar-refractivity contribution is 5.87. The number of hydrogen-bond acceptors (Lipinski definition) is 6. The van der Waals surface area contributed by atoms with Crippen molar-refractivity contribution in [3.63, 3.8) is 0 Å². The number of aliphatic hydroxyl groups excluding tert-OH is 2. The molecule has 0 aliphatic heterocycles. The van der Waals surface area contributed by atoms with E-state index in [0.717, 1.165) is 0 Å². The molecule has 6 nitrogen and oxygen atoms in total. The van der Waals surface area contributed by atoms with E-state index < -0.39 is 12.1 Å². The van der Waals surface area contributed by atoms with Crippen LogP contribution in [0.25, 0.3) is 6.08 Å². The van der Waals surface area contributed by atoms with Crippen LogP contribution in [0.2, 0.25) is 0 Å². The van der Waals surface area contributed by atoms with Crippen LogP contribution in [-0.2, 0) is 9.53 Å². The number of carbonyl (C=O) groups is 1. The summed E-state index contributed by atoms with van der Waals surface area (Å²) in [5.41, 5.74) is 0.713. The summed E-state index contributed by atoms with van der Waals surface area (Å²) >= 11 is 0. The lowest BCUT2D eigenvalue weighted by Crippen LogP contribution is -2.21. The molecule has 0 saturated carbocycles. The van der Waals surface area contributed by atoms with Crippen LogP contribution in [0.4, 0.5) is 0 Å². The molecule has 0 bridgehead atoms. The molecule has 1 atom stereocenters. The predicted molar refractivity (Wildman–Crippen MR) is 72.6 cm³/mol. The number of carbonyl (C=O) groups excluding carboxylic acids is 1. The first-order valence-corrected chi connectivity index (χ1v) is 5.96. The first-order valence-electron chi connectivity index (χ1n) is 5.96. The van der Waals surface area contributed by atoms with Crippen molar-refractivity contribution >= 4 is 12.0 Å². The number of esters is 1. The lowest BCUT2D eigenvalue weighted by molar-refractivity contribution is -0.134. The third kappa shape index (κ3) is 4.91. The molecule has 1 unspecified atom stereocenters. The van der Waals surface area contributed by atoms with E-state index in [0.29, 0.717) is 17.1 Å². The quantitative estimate of drug-likeness (QED) is 0.563. The number of ether oxygens (including phenoxy) is 3. The van der Waals surface area contributed by atoms with Crippen molar-refractivity contribution in [3.8, 4) is 11.5 Å². The van der Waals surface area contributed by atoms with E-state index in [9.17, 15) is 9.90 Å². The summed E-state index contributed by atoms with van der Waals surface area (Å²) in [6.07, 6.45) is 1.89. The fraction of sp³-hybridized carbons (Fsp3) is 0.357. The molecule has 6 heteroatoms. The molecule has 0 aromatic heterocycles. The minimum Gasteiger partial charge on any atom is -0.493 e. The highest BCUT2D eigenvalue weighted by Gasteiger charge is 2.08. The molecule has 1 aromatic rings. The first-order chi connectivity index (χ1) is 9.60. The molecule has 0 saturated heterocycles. The van der Waals surface area contributed by atoms with E-state index in [4.69, 9.17) is 14.6 Å². The fourth-order valence-electron chi connectivity index (χ4n) is 1.38. The van der Waals surface area contributed by atoms with Gasteiger partial charge in [0.1, 0.15) is 12.7 Å². The number of benzene rings is 1. The summed E-state index contributed by atoms with van der Waals surface area (Å²) in [6.45, 7) is -0.443.